The number of aryl methyl sites for hydroxylation is 1. The van der Waals surface area contributed by atoms with Gasteiger partial charge in [0.1, 0.15) is 6.10 Å². The van der Waals surface area contributed by atoms with E-state index in [4.69, 9.17) is 27.9 Å². The molecule has 0 bridgehead atoms. The van der Waals surface area contributed by atoms with Crippen molar-refractivity contribution in [2.75, 3.05) is 20.7 Å². The summed E-state index contributed by atoms with van der Waals surface area (Å²) in [6, 6.07) is 11.6. The van der Waals surface area contributed by atoms with Crippen LogP contribution in [0.3, 0.4) is 0 Å². The second-order valence-electron chi connectivity index (χ2n) is 5.65. The van der Waals surface area contributed by atoms with Crippen LogP contribution in [0.25, 0.3) is 0 Å². The number of methoxy groups -OCH3 is 1. The summed E-state index contributed by atoms with van der Waals surface area (Å²) in [7, 11) is 3.66. The molecule has 0 saturated carbocycles. The number of benzene rings is 2. The number of rotatable bonds is 6. The first-order valence-corrected chi connectivity index (χ1v) is 8.54. The number of halogens is 2. The second-order valence-corrected chi connectivity index (χ2v) is 6.49. The number of hydrogen-bond acceptors (Lipinski definition) is 2. The monoisotopic (exact) mass is 364 g/mol. The lowest BCUT2D eigenvalue weighted by Gasteiger charge is -2.20. The summed E-state index contributed by atoms with van der Waals surface area (Å²) in [6.07, 6.45) is 1.59. The summed E-state index contributed by atoms with van der Waals surface area (Å²) in [5, 5.41) is 1.31. The summed E-state index contributed by atoms with van der Waals surface area (Å²) in [5.74, 6) is 0. The highest BCUT2D eigenvalue weighted by atomic mass is 35.5. The zero-order valence-corrected chi connectivity index (χ0v) is 15.9. The highest BCUT2D eigenvalue weighted by Gasteiger charge is 2.17. The predicted octanol–water partition coefficient (Wildman–Crippen LogP) is 5.65. The van der Waals surface area contributed by atoms with Crippen LogP contribution in [0.4, 0.5) is 5.69 Å². The standard InChI is InChI=1S/C19H22Cl2N2O/c1-5-23(3)12-22-18-10-13(2)16(11-17(18)21)19(24-4)14-6-8-15(20)9-7-14/h6-12,19H,5H2,1-4H3. The number of nitrogens with zero attached hydrogens (tertiary/aromatic N) is 2. The van der Waals surface area contributed by atoms with Crippen LogP contribution in [0, 0.1) is 6.92 Å². The molecule has 0 fully saturated rings. The molecule has 1 atom stereocenters. The van der Waals surface area contributed by atoms with Crippen LogP contribution < -0.4 is 0 Å². The van der Waals surface area contributed by atoms with E-state index in [9.17, 15) is 0 Å². The zero-order valence-electron chi connectivity index (χ0n) is 14.4. The van der Waals surface area contributed by atoms with Gasteiger partial charge in [-0.25, -0.2) is 4.99 Å². The lowest BCUT2D eigenvalue weighted by molar-refractivity contribution is 0.136. The van der Waals surface area contributed by atoms with E-state index in [0.29, 0.717) is 10.0 Å². The maximum atomic E-state index is 6.43. The van der Waals surface area contributed by atoms with Crippen molar-refractivity contribution in [2.45, 2.75) is 20.0 Å². The van der Waals surface area contributed by atoms with Crippen molar-refractivity contribution >= 4 is 35.2 Å². The van der Waals surface area contributed by atoms with Crippen molar-refractivity contribution in [2.24, 2.45) is 4.99 Å². The molecule has 1 unspecified atom stereocenters. The molecule has 0 aliphatic carbocycles. The molecule has 0 radical (unpaired) electrons. The summed E-state index contributed by atoms with van der Waals surface area (Å²) in [4.78, 5) is 6.45. The first-order valence-electron chi connectivity index (χ1n) is 7.79. The molecule has 2 aromatic rings. The van der Waals surface area contributed by atoms with Gasteiger partial charge in [0.25, 0.3) is 0 Å². The van der Waals surface area contributed by atoms with Crippen molar-refractivity contribution in [3.8, 4) is 0 Å². The Balaban J connectivity index is 2.38. The molecule has 5 heteroatoms. The molecule has 0 aliphatic heterocycles. The fourth-order valence-electron chi connectivity index (χ4n) is 2.39. The molecule has 2 aromatic carbocycles. The minimum Gasteiger partial charge on any atom is -0.372 e. The van der Waals surface area contributed by atoms with E-state index in [-0.39, 0.29) is 6.10 Å². The molecule has 128 valence electrons. The van der Waals surface area contributed by atoms with E-state index in [1.807, 2.05) is 55.3 Å². The van der Waals surface area contributed by atoms with Gasteiger partial charge in [-0.1, -0.05) is 35.3 Å². The van der Waals surface area contributed by atoms with Gasteiger partial charge >= 0.3 is 0 Å². The quantitative estimate of drug-likeness (QED) is 0.488. The Kier molecular flexibility index (Phi) is 6.67. The van der Waals surface area contributed by atoms with Gasteiger partial charge in [0.15, 0.2) is 0 Å². The van der Waals surface area contributed by atoms with Gasteiger partial charge in [-0.2, -0.15) is 0 Å². The normalized spacial score (nSPS) is 12.6. The summed E-state index contributed by atoms with van der Waals surface area (Å²) in [5.41, 5.74) is 3.88. The average molecular weight is 365 g/mol. The van der Waals surface area contributed by atoms with Crippen LogP contribution in [0.5, 0.6) is 0 Å². The summed E-state index contributed by atoms with van der Waals surface area (Å²) >= 11 is 12.4. The first kappa shape index (κ1) is 18.8. The molecular formula is C19H22Cl2N2O. The molecule has 2 rings (SSSR count). The smallest absolute Gasteiger partial charge is 0.107 e. The Morgan fingerprint density at radius 3 is 2.46 bits per heavy atom. The maximum Gasteiger partial charge on any atom is 0.107 e. The molecule has 3 nitrogen and oxygen atoms in total. The van der Waals surface area contributed by atoms with E-state index < -0.39 is 0 Å². The minimum absolute atomic E-state index is 0.198. The number of aliphatic imine (C=N–C) groups is 1. The minimum atomic E-state index is -0.198. The number of hydrogen-bond donors (Lipinski definition) is 0. The largest absolute Gasteiger partial charge is 0.372 e. The van der Waals surface area contributed by atoms with Gasteiger partial charge in [-0.3, -0.25) is 0 Å². The topological polar surface area (TPSA) is 24.8 Å². The summed E-state index contributed by atoms with van der Waals surface area (Å²) in [6.45, 7) is 4.99. The molecule has 0 N–H and O–H groups in total. The zero-order chi connectivity index (χ0) is 17.7. The van der Waals surface area contributed by atoms with Crippen LogP contribution in [-0.4, -0.2) is 31.9 Å². The Morgan fingerprint density at radius 1 is 1.21 bits per heavy atom. The van der Waals surface area contributed by atoms with Gasteiger partial charge in [0.2, 0.25) is 0 Å². The molecule has 0 amide bonds. The third-order valence-electron chi connectivity index (χ3n) is 3.92. The Bertz CT molecular complexity index is 714. The average Bonchev–Trinajstić information content (AvgIpc) is 2.58. The van der Waals surface area contributed by atoms with Crippen LogP contribution in [0.2, 0.25) is 10.0 Å². The van der Waals surface area contributed by atoms with Crippen LogP contribution >= 0.6 is 23.2 Å². The molecule has 0 heterocycles. The molecule has 0 aromatic heterocycles. The van der Waals surface area contributed by atoms with E-state index in [1.165, 1.54) is 0 Å². The maximum absolute atomic E-state index is 6.43. The molecule has 24 heavy (non-hydrogen) atoms. The van der Waals surface area contributed by atoms with Crippen LogP contribution in [-0.2, 0) is 4.74 Å². The lowest BCUT2D eigenvalue weighted by Crippen LogP contribution is -2.14. The van der Waals surface area contributed by atoms with Gasteiger partial charge in [-0.05, 0) is 54.8 Å². The van der Waals surface area contributed by atoms with Gasteiger partial charge in [-0.15, -0.1) is 0 Å². The predicted molar refractivity (Wildman–Crippen MR) is 103 cm³/mol. The SMILES string of the molecule is CCN(C)C=Nc1cc(C)c(C(OC)c2ccc(Cl)cc2)cc1Cl. The van der Waals surface area contributed by atoms with Crippen molar-refractivity contribution in [1.29, 1.82) is 0 Å². The molecule has 0 spiro atoms. The molecule has 0 saturated heterocycles. The highest BCUT2D eigenvalue weighted by Crippen LogP contribution is 2.35. The van der Waals surface area contributed by atoms with E-state index in [1.54, 1.807) is 13.4 Å². The molecular weight excluding hydrogens is 343 g/mol. The fraction of sp³-hybridized carbons (Fsp3) is 0.316. The number of ether oxygens (including phenoxy) is 1. The van der Waals surface area contributed by atoms with Gasteiger partial charge in [0.05, 0.1) is 17.0 Å². The van der Waals surface area contributed by atoms with E-state index in [2.05, 4.69) is 11.9 Å². The van der Waals surface area contributed by atoms with Crippen molar-refractivity contribution < 1.29 is 4.74 Å². The second kappa shape index (κ2) is 8.52. The van der Waals surface area contributed by atoms with Gasteiger partial charge in [0, 0.05) is 25.7 Å². The van der Waals surface area contributed by atoms with Crippen molar-refractivity contribution in [3.63, 3.8) is 0 Å². The van der Waals surface area contributed by atoms with Crippen molar-refractivity contribution in [1.82, 2.24) is 4.90 Å². The molecule has 0 aliphatic rings. The van der Waals surface area contributed by atoms with Gasteiger partial charge < -0.3 is 9.64 Å². The van der Waals surface area contributed by atoms with E-state index in [0.717, 1.165) is 28.9 Å². The third-order valence-corrected chi connectivity index (χ3v) is 4.47. The third kappa shape index (κ3) is 4.50. The Hall–Kier alpha value is -1.55. The Labute approximate surface area is 153 Å². The first-order chi connectivity index (χ1) is 11.5. The lowest BCUT2D eigenvalue weighted by atomic mass is 9.97. The Morgan fingerprint density at radius 2 is 1.88 bits per heavy atom. The van der Waals surface area contributed by atoms with Crippen LogP contribution in [0.1, 0.15) is 29.7 Å². The summed E-state index contributed by atoms with van der Waals surface area (Å²) < 4.78 is 5.71. The van der Waals surface area contributed by atoms with Crippen molar-refractivity contribution in [3.05, 3.63) is 63.1 Å². The highest BCUT2D eigenvalue weighted by molar-refractivity contribution is 6.33. The van der Waals surface area contributed by atoms with Crippen LogP contribution in [0.15, 0.2) is 41.4 Å². The van der Waals surface area contributed by atoms with E-state index >= 15 is 0 Å². The fourth-order valence-corrected chi connectivity index (χ4v) is 2.73.